The number of rotatable bonds is 9. The second-order valence-electron chi connectivity index (χ2n) is 5.79. The Morgan fingerprint density at radius 3 is 2.20 bits per heavy atom. The Balaban J connectivity index is 2.11. The Morgan fingerprint density at radius 1 is 1.04 bits per heavy atom. The molecular weight excluding hydrogens is 318 g/mol. The number of nitrogens with one attached hydrogen (secondary N) is 1. The number of benzene rings is 2. The van der Waals surface area contributed by atoms with Gasteiger partial charge in [0.05, 0.1) is 5.92 Å². The maximum atomic E-state index is 12.7. The van der Waals surface area contributed by atoms with Crippen LogP contribution in [0.25, 0.3) is 0 Å². The fraction of sp³-hybridized carbons (Fsp3) is 0.300. The fourth-order valence-electron chi connectivity index (χ4n) is 2.51. The molecule has 2 aromatic carbocycles. The van der Waals surface area contributed by atoms with Crippen molar-refractivity contribution < 1.29 is 19.4 Å². The molecule has 2 unspecified atom stereocenters. The summed E-state index contributed by atoms with van der Waals surface area (Å²) in [5.74, 6) is -1.27. The van der Waals surface area contributed by atoms with Crippen LogP contribution in [0.3, 0.4) is 0 Å². The zero-order chi connectivity index (χ0) is 18.1. The van der Waals surface area contributed by atoms with Gasteiger partial charge in [-0.2, -0.15) is 0 Å². The Bertz CT molecular complexity index is 673. The smallest absolute Gasteiger partial charge is 0.308 e. The third-order valence-corrected chi connectivity index (χ3v) is 3.85. The van der Waals surface area contributed by atoms with E-state index in [1.807, 2.05) is 55.5 Å². The molecule has 0 fully saturated rings. The molecule has 132 valence electrons. The number of carboxylic acid groups (broad SMARTS) is 1. The summed E-state index contributed by atoms with van der Waals surface area (Å²) in [6, 6.07) is 18.2. The number of hydrogen-bond donors (Lipinski definition) is 2. The summed E-state index contributed by atoms with van der Waals surface area (Å²) in [5, 5.41) is 11.9. The van der Waals surface area contributed by atoms with Crippen molar-refractivity contribution in [2.75, 3.05) is 6.54 Å². The summed E-state index contributed by atoms with van der Waals surface area (Å²) in [7, 11) is 0. The van der Waals surface area contributed by atoms with Gasteiger partial charge >= 0.3 is 5.97 Å². The number of carbonyl (C=O) groups excluding carboxylic acids is 1. The van der Waals surface area contributed by atoms with E-state index in [1.54, 1.807) is 12.1 Å². The Kier molecular flexibility index (Phi) is 7.01. The Morgan fingerprint density at radius 2 is 1.64 bits per heavy atom. The maximum Gasteiger partial charge on any atom is 0.308 e. The molecule has 0 aliphatic rings. The Labute approximate surface area is 147 Å². The SMILES string of the molecule is CCCC(CNC(=O)C(Oc1ccccc1)c1ccccc1)C(=O)O. The molecule has 0 spiro atoms. The van der Waals surface area contributed by atoms with Gasteiger partial charge in [-0.3, -0.25) is 9.59 Å². The van der Waals surface area contributed by atoms with Gasteiger partial charge in [0.25, 0.3) is 5.91 Å². The highest BCUT2D eigenvalue weighted by Crippen LogP contribution is 2.22. The molecule has 2 aromatic rings. The van der Waals surface area contributed by atoms with Crippen molar-refractivity contribution in [3.8, 4) is 5.75 Å². The predicted octanol–water partition coefficient (Wildman–Crippen LogP) is 3.42. The highest BCUT2D eigenvalue weighted by Gasteiger charge is 2.25. The van der Waals surface area contributed by atoms with Crippen LogP contribution >= 0.6 is 0 Å². The van der Waals surface area contributed by atoms with Crippen molar-refractivity contribution in [2.24, 2.45) is 5.92 Å². The molecular formula is C20H23NO4. The van der Waals surface area contributed by atoms with Gasteiger partial charge < -0.3 is 15.2 Å². The molecule has 0 saturated heterocycles. The summed E-state index contributed by atoms with van der Waals surface area (Å²) in [5.41, 5.74) is 0.714. The molecule has 0 saturated carbocycles. The zero-order valence-corrected chi connectivity index (χ0v) is 14.2. The highest BCUT2D eigenvalue weighted by atomic mass is 16.5. The molecule has 1 amide bonds. The number of aliphatic carboxylic acids is 1. The first kappa shape index (κ1) is 18.5. The summed E-state index contributed by atoms with van der Waals surface area (Å²) in [6.07, 6.45) is 0.431. The minimum Gasteiger partial charge on any atom is -0.481 e. The molecule has 0 aromatic heterocycles. The van der Waals surface area contributed by atoms with Gasteiger partial charge in [0, 0.05) is 12.1 Å². The molecule has 5 heteroatoms. The largest absolute Gasteiger partial charge is 0.481 e. The first-order valence-corrected chi connectivity index (χ1v) is 8.39. The van der Waals surface area contributed by atoms with E-state index in [-0.39, 0.29) is 12.5 Å². The van der Waals surface area contributed by atoms with Gasteiger partial charge in [-0.25, -0.2) is 0 Å². The number of para-hydroxylation sites is 1. The van der Waals surface area contributed by atoms with Crippen LogP contribution in [-0.2, 0) is 9.59 Å². The van der Waals surface area contributed by atoms with Gasteiger partial charge in [-0.1, -0.05) is 61.9 Å². The van der Waals surface area contributed by atoms with E-state index in [1.165, 1.54) is 0 Å². The van der Waals surface area contributed by atoms with Crippen molar-refractivity contribution >= 4 is 11.9 Å². The van der Waals surface area contributed by atoms with Crippen LogP contribution in [0.15, 0.2) is 60.7 Å². The standard InChI is InChI=1S/C20H23NO4/c1-2-9-16(20(23)24)14-21-19(22)18(15-10-5-3-6-11-15)25-17-12-7-4-8-13-17/h3-8,10-13,16,18H,2,9,14H2,1H3,(H,21,22)(H,23,24). The van der Waals surface area contributed by atoms with E-state index in [0.717, 1.165) is 6.42 Å². The lowest BCUT2D eigenvalue weighted by molar-refractivity contribution is -0.142. The molecule has 2 rings (SSSR count). The van der Waals surface area contributed by atoms with Crippen LogP contribution in [0.5, 0.6) is 5.75 Å². The number of carbonyl (C=O) groups is 2. The zero-order valence-electron chi connectivity index (χ0n) is 14.2. The molecule has 0 aliphatic heterocycles. The van der Waals surface area contributed by atoms with Crippen LogP contribution in [0.1, 0.15) is 31.4 Å². The molecule has 0 bridgehead atoms. The molecule has 0 heterocycles. The van der Waals surface area contributed by atoms with Crippen LogP contribution in [-0.4, -0.2) is 23.5 Å². The lowest BCUT2D eigenvalue weighted by Gasteiger charge is -2.20. The lowest BCUT2D eigenvalue weighted by Crippen LogP contribution is -2.37. The quantitative estimate of drug-likeness (QED) is 0.733. The average molecular weight is 341 g/mol. The minimum absolute atomic E-state index is 0.0868. The van der Waals surface area contributed by atoms with Gasteiger partial charge in [-0.05, 0) is 18.6 Å². The number of ether oxygens (including phenoxy) is 1. The third kappa shape index (κ3) is 5.64. The van der Waals surface area contributed by atoms with Crippen LogP contribution in [0.4, 0.5) is 0 Å². The first-order valence-electron chi connectivity index (χ1n) is 8.39. The number of carboxylic acids is 1. The molecule has 0 aliphatic carbocycles. The minimum atomic E-state index is -0.901. The van der Waals surface area contributed by atoms with Crippen molar-refractivity contribution in [3.63, 3.8) is 0 Å². The van der Waals surface area contributed by atoms with Crippen molar-refractivity contribution in [3.05, 3.63) is 66.2 Å². The van der Waals surface area contributed by atoms with E-state index >= 15 is 0 Å². The maximum absolute atomic E-state index is 12.7. The Hall–Kier alpha value is -2.82. The summed E-state index contributed by atoms with van der Waals surface area (Å²) in [6.45, 7) is 2.01. The highest BCUT2D eigenvalue weighted by molar-refractivity contribution is 5.83. The molecule has 2 N–H and O–H groups in total. The van der Waals surface area contributed by atoms with E-state index in [2.05, 4.69) is 5.32 Å². The summed E-state index contributed by atoms with van der Waals surface area (Å²) in [4.78, 5) is 23.9. The van der Waals surface area contributed by atoms with E-state index in [9.17, 15) is 14.7 Å². The van der Waals surface area contributed by atoms with Crippen molar-refractivity contribution in [1.82, 2.24) is 5.32 Å². The molecule has 2 atom stereocenters. The van der Waals surface area contributed by atoms with E-state index in [4.69, 9.17) is 4.74 Å². The van der Waals surface area contributed by atoms with E-state index < -0.39 is 18.0 Å². The van der Waals surface area contributed by atoms with Gasteiger partial charge in [0.15, 0.2) is 0 Å². The fourth-order valence-corrected chi connectivity index (χ4v) is 2.51. The topological polar surface area (TPSA) is 75.6 Å². The molecule has 25 heavy (non-hydrogen) atoms. The van der Waals surface area contributed by atoms with Gasteiger partial charge in [0.1, 0.15) is 5.75 Å². The number of amides is 1. The molecule has 5 nitrogen and oxygen atoms in total. The van der Waals surface area contributed by atoms with Crippen molar-refractivity contribution in [2.45, 2.75) is 25.9 Å². The number of hydrogen-bond acceptors (Lipinski definition) is 3. The van der Waals surface area contributed by atoms with Crippen LogP contribution in [0, 0.1) is 5.92 Å². The second kappa shape index (κ2) is 9.47. The monoisotopic (exact) mass is 341 g/mol. The van der Waals surface area contributed by atoms with Crippen LogP contribution < -0.4 is 10.1 Å². The van der Waals surface area contributed by atoms with Gasteiger partial charge in [-0.15, -0.1) is 0 Å². The predicted molar refractivity (Wildman–Crippen MR) is 95.3 cm³/mol. The van der Waals surface area contributed by atoms with E-state index in [0.29, 0.717) is 17.7 Å². The molecule has 0 radical (unpaired) electrons. The van der Waals surface area contributed by atoms with Crippen LogP contribution in [0.2, 0.25) is 0 Å². The average Bonchev–Trinajstić information content (AvgIpc) is 2.64. The summed E-state index contributed by atoms with van der Waals surface area (Å²) < 4.78 is 5.86. The summed E-state index contributed by atoms with van der Waals surface area (Å²) >= 11 is 0. The van der Waals surface area contributed by atoms with Crippen molar-refractivity contribution in [1.29, 1.82) is 0 Å². The first-order chi connectivity index (χ1) is 12.1. The normalized spacial score (nSPS) is 12.8. The third-order valence-electron chi connectivity index (χ3n) is 3.85. The second-order valence-corrected chi connectivity index (χ2v) is 5.79. The lowest BCUT2D eigenvalue weighted by atomic mass is 10.0. The van der Waals surface area contributed by atoms with Gasteiger partial charge in [0.2, 0.25) is 6.10 Å².